The molecule has 2 aromatic rings. The molecule has 0 bridgehead atoms. The molecule has 21 heavy (non-hydrogen) atoms. The first-order chi connectivity index (χ1) is 9.93. The Kier molecular flexibility index (Phi) is 3.26. The van der Waals surface area contributed by atoms with Gasteiger partial charge in [-0.15, -0.1) is 0 Å². The lowest BCUT2D eigenvalue weighted by atomic mass is 9.97. The van der Waals surface area contributed by atoms with Crippen LogP contribution < -0.4 is 0 Å². The molecule has 0 radical (unpaired) electrons. The number of halogens is 1. The number of cyclic esters (lactones) is 1. The summed E-state index contributed by atoms with van der Waals surface area (Å²) >= 11 is 6.03. The number of aromatic nitrogens is 2. The minimum absolute atomic E-state index is 0.231. The van der Waals surface area contributed by atoms with Crippen LogP contribution >= 0.6 is 11.6 Å². The number of esters is 1. The molecule has 1 aliphatic heterocycles. The molecule has 110 valence electrons. The van der Waals surface area contributed by atoms with Gasteiger partial charge in [-0.25, -0.2) is 9.78 Å². The van der Waals surface area contributed by atoms with Gasteiger partial charge in [-0.3, -0.25) is 4.57 Å². The highest BCUT2D eigenvalue weighted by atomic mass is 35.5. The minimum Gasteiger partial charge on any atom is -0.452 e. The standard InChI is InChI=1S/C15H15ClN2O3/c1-9-5-10(3-4-11(9)16)18-8-17-12-6-15(2,7-19)21-14(20)13(12)18/h3-5,8,19H,6-7H2,1-2H3. The second-order valence-corrected chi connectivity index (χ2v) is 5.92. The molecule has 6 heteroatoms. The number of rotatable bonds is 2. The van der Waals surface area contributed by atoms with Crippen molar-refractivity contribution in [2.45, 2.75) is 25.9 Å². The molecule has 0 fully saturated rings. The van der Waals surface area contributed by atoms with Crippen LogP contribution in [0.1, 0.15) is 28.7 Å². The van der Waals surface area contributed by atoms with Crippen molar-refractivity contribution >= 4 is 17.6 Å². The Labute approximate surface area is 127 Å². The van der Waals surface area contributed by atoms with Crippen molar-refractivity contribution < 1.29 is 14.6 Å². The molecular weight excluding hydrogens is 292 g/mol. The smallest absolute Gasteiger partial charge is 0.357 e. The van der Waals surface area contributed by atoms with Crippen LogP contribution in [0.15, 0.2) is 24.5 Å². The Morgan fingerprint density at radius 3 is 2.95 bits per heavy atom. The third kappa shape index (κ3) is 2.32. The number of aliphatic hydroxyl groups is 1. The van der Waals surface area contributed by atoms with Gasteiger partial charge in [0, 0.05) is 17.1 Å². The molecule has 1 aromatic carbocycles. The quantitative estimate of drug-likeness (QED) is 0.865. The number of carbonyl (C=O) groups is 1. The summed E-state index contributed by atoms with van der Waals surface area (Å²) in [7, 11) is 0. The topological polar surface area (TPSA) is 64.4 Å². The largest absolute Gasteiger partial charge is 0.452 e. The molecule has 5 nitrogen and oxygen atoms in total. The average Bonchev–Trinajstić information content (AvgIpc) is 2.85. The fraction of sp³-hybridized carbons (Fsp3) is 0.333. The van der Waals surface area contributed by atoms with Gasteiger partial charge in [-0.05, 0) is 37.6 Å². The van der Waals surface area contributed by atoms with Gasteiger partial charge in [-0.1, -0.05) is 11.6 Å². The van der Waals surface area contributed by atoms with Crippen LogP contribution in [0, 0.1) is 6.92 Å². The van der Waals surface area contributed by atoms with E-state index in [0.29, 0.717) is 22.8 Å². The SMILES string of the molecule is Cc1cc(-n2cnc3c2C(=O)OC(C)(CO)C3)ccc1Cl. The fourth-order valence-electron chi connectivity index (χ4n) is 2.46. The van der Waals surface area contributed by atoms with Gasteiger partial charge in [0.25, 0.3) is 0 Å². The Morgan fingerprint density at radius 2 is 2.29 bits per heavy atom. The van der Waals surface area contributed by atoms with Crippen LogP contribution in [0.3, 0.4) is 0 Å². The highest BCUT2D eigenvalue weighted by Gasteiger charge is 2.39. The van der Waals surface area contributed by atoms with Crippen LogP contribution in [0.4, 0.5) is 0 Å². The lowest BCUT2D eigenvalue weighted by Gasteiger charge is -2.31. The van der Waals surface area contributed by atoms with Gasteiger partial charge in [0.1, 0.15) is 11.9 Å². The molecule has 1 N–H and O–H groups in total. The molecule has 0 aliphatic carbocycles. The normalized spacial score (nSPS) is 21.0. The maximum atomic E-state index is 12.2. The summed E-state index contributed by atoms with van der Waals surface area (Å²) in [4.78, 5) is 16.5. The lowest BCUT2D eigenvalue weighted by molar-refractivity contribution is -0.0434. The highest BCUT2D eigenvalue weighted by molar-refractivity contribution is 6.31. The number of nitrogens with zero attached hydrogens (tertiary/aromatic N) is 2. The molecule has 0 saturated heterocycles. The lowest BCUT2D eigenvalue weighted by Crippen LogP contribution is -2.42. The molecule has 1 atom stereocenters. The summed E-state index contributed by atoms with van der Waals surface area (Å²) in [6.07, 6.45) is 1.99. The van der Waals surface area contributed by atoms with Gasteiger partial charge >= 0.3 is 5.97 Å². The van der Waals surface area contributed by atoms with E-state index in [2.05, 4.69) is 4.98 Å². The Balaban J connectivity index is 2.08. The summed E-state index contributed by atoms with van der Waals surface area (Å²) in [5.74, 6) is -0.474. The average molecular weight is 307 g/mol. The maximum Gasteiger partial charge on any atom is 0.357 e. The summed E-state index contributed by atoms with van der Waals surface area (Å²) in [5.41, 5.74) is 1.85. The van der Waals surface area contributed by atoms with Crippen LogP contribution in [0.25, 0.3) is 5.69 Å². The highest BCUT2D eigenvalue weighted by Crippen LogP contribution is 2.29. The van der Waals surface area contributed by atoms with Gasteiger partial charge in [-0.2, -0.15) is 0 Å². The number of aliphatic hydroxyl groups excluding tert-OH is 1. The maximum absolute atomic E-state index is 12.2. The van der Waals surface area contributed by atoms with Crippen molar-refractivity contribution in [2.24, 2.45) is 0 Å². The van der Waals surface area contributed by atoms with Crippen LogP contribution in [-0.2, 0) is 11.2 Å². The first-order valence-electron chi connectivity index (χ1n) is 6.60. The number of carbonyl (C=O) groups excluding carboxylic acids is 1. The Morgan fingerprint density at radius 1 is 1.52 bits per heavy atom. The van der Waals surface area contributed by atoms with Gasteiger partial charge in [0.2, 0.25) is 0 Å². The third-order valence-electron chi connectivity index (χ3n) is 3.67. The minimum atomic E-state index is -0.904. The van der Waals surface area contributed by atoms with Crippen molar-refractivity contribution in [3.05, 3.63) is 46.5 Å². The zero-order chi connectivity index (χ0) is 15.2. The molecule has 3 rings (SSSR count). The molecule has 2 heterocycles. The second-order valence-electron chi connectivity index (χ2n) is 5.52. The fourth-order valence-corrected chi connectivity index (χ4v) is 2.57. The van der Waals surface area contributed by atoms with E-state index < -0.39 is 11.6 Å². The van der Waals surface area contributed by atoms with E-state index in [9.17, 15) is 9.90 Å². The van der Waals surface area contributed by atoms with E-state index in [-0.39, 0.29) is 6.61 Å². The summed E-state index contributed by atoms with van der Waals surface area (Å²) < 4.78 is 7.04. The number of benzene rings is 1. The molecule has 1 unspecified atom stereocenters. The third-order valence-corrected chi connectivity index (χ3v) is 4.10. The van der Waals surface area contributed by atoms with Crippen LogP contribution in [0.2, 0.25) is 5.02 Å². The van der Waals surface area contributed by atoms with E-state index in [1.807, 2.05) is 19.1 Å². The van der Waals surface area contributed by atoms with E-state index in [0.717, 1.165) is 11.3 Å². The molecular formula is C15H15ClN2O3. The van der Waals surface area contributed by atoms with Crippen molar-refractivity contribution in [1.29, 1.82) is 0 Å². The van der Waals surface area contributed by atoms with E-state index in [1.54, 1.807) is 23.9 Å². The van der Waals surface area contributed by atoms with E-state index >= 15 is 0 Å². The molecule has 1 aliphatic rings. The summed E-state index contributed by atoms with van der Waals surface area (Å²) in [6.45, 7) is 3.36. The van der Waals surface area contributed by atoms with E-state index in [1.165, 1.54) is 0 Å². The van der Waals surface area contributed by atoms with Crippen molar-refractivity contribution in [3.63, 3.8) is 0 Å². The van der Waals surface area contributed by atoms with E-state index in [4.69, 9.17) is 16.3 Å². The van der Waals surface area contributed by atoms with Gasteiger partial charge < -0.3 is 9.84 Å². The van der Waals surface area contributed by atoms with Crippen LogP contribution in [-0.4, -0.2) is 32.8 Å². The summed E-state index contributed by atoms with van der Waals surface area (Å²) in [5, 5.41) is 10.0. The second kappa shape index (κ2) is 4.86. The molecule has 0 amide bonds. The summed E-state index contributed by atoms with van der Waals surface area (Å²) in [6, 6.07) is 5.49. The van der Waals surface area contributed by atoms with Crippen LogP contribution in [0.5, 0.6) is 0 Å². The number of aryl methyl sites for hydroxylation is 1. The molecule has 0 saturated carbocycles. The Bertz CT molecular complexity index is 726. The number of ether oxygens (including phenoxy) is 1. The van der Waals surface area contributed by atoms with Crippen molar-refractivity contribution in [1.82, 2.24) is 9.55 Å². The first kappa shape index (κ1) is 14.1. The molecule has 0 spiro atoms. The van der Waals surface area contributed by atoms with Crippen molar-refractivity contribution in [2.75, 3.05) is 6.61 Å². The predicted octanol–water partition coefficient (Wildman–Crippen LogP) is 2.30. The van der Waals surface area contributed by atoms with Gasteiger partial charge in [0.05, 0.1) is 12.3 Å². The number of hydrogen-bond acceptors (Lipinski definition) is 4. The number of imidazole rings is 1. The predicted molar refractivity (Wildman–Crippen MR) is 77.9 cm³/mol. The Hall–Kier alpha value is -1.85. The molecule has 1 aromatic heterocycles. The number of fused-ring (bicyclic) bond motifs is 1. The first-order valence-corrected chi connectivity index (χ1v) is 6.98. The monoisotopic (exact) mass is 306 g/mol. The van der Waals surface area contributed by atoms with Crippen molar-refractivity contribution in [3.8, 4) is 5.69 Å². The zero-order valence-corrected chi connectivity index (χ0v) is 12.5. The zero-order valence-electron chi connectivity index (χ0n) is 11.8. The number of hydrogen-bond donors (Lipinski definition) is 1. The van der Waals surface area contributed by atoms with Gasteiger partial charge in [0.15, 0.2) is 5.69 Å².